The minimum Gasteiger partial charge on any atom is -0.312 e. The minimum absolute atomic E-state index is 0.158. The highest BCUT2D eigenvalue weighted by Crippen LogP contribution is 2.30. The first-order valence-electron chi connectivity index (χ1n) is 6.72. The molecule has 0 saturated heterocycles. The van der Waals surface area contributed by atoms with Crippen LogP contribution in [-0.4, -0.2) is 12.5 Å². The van der Waals surface area contributed by atoms with Crippen molar-refractivity contribution in [1.82, 2.24) is 0 Å². The van der Waals surface area contributed by atoms with Gasteiger partial charge in [0.1, 0.15) is 0 Å². The van der Waals surface area contributed by atoms with Crippen LogP contribution in [0.4, 0.5) is 5.69 Å². The van der Waals surface area contributed by atoms with E-state index in [1.54, 1.807) is 0 Å². The lowest BCUT2D eigenvalue weighted by molar-refractivity contribution is -0.118. The molecule has 0 bridgehead atoms. The number of amides is 1. The zero-order chi connectivity index (χ0) is 13.7. The molecule has 0 radical (unpaired) electrons. The number of rotatable bonds is 4. The van der Waals surface area contributed by atoms with Gasteiger partial charge in [-0.25, -0.2) is 0 Å². The second-order valence-electron chi connectivity index (χ2n) is 4.37. The molecule has 0 N–H and O–H groups in total. The van der Waals surface area contributed by atoms with Gasteiger partial charge in [0, 0.05) is 18.5 Å². The third-order valence-corrected chi connectivity index (χ3v) is 3.20. The molecule has 2 rings (SSSR count). The average Bonchev–Trinajstić information content (AvgIpc) is 2.49. The molecule has 0 aliphatic rings. The SMILES string of the molecule is CCC(=O)N(CC)c1ccccc1-c1ccccc1. The van der Waals surface area contributed by atoms with Gasteiger partial charge in [-0.1, -0.05) is 55.5 Å². The van der Waals surface area contributed by atoms with Crippen molar-refractivity contribution in [3.8, 4) is 11.1 Å². The largest absolute Gasteiger partial charge is 0.312 e. The maximum absolute atomic E-state index is 12.1. The molecule has 0 unspecified atom stereocenters. The second kappa shape index (κ2) is 6.19. The maximum atomic E-state index is 12.1. The van der Waals surface area contributed by atoms with Crippen molar-refractivity contribution in [2.24, 2.45) is 0 Å². The summed E-state index contributed by atoms with van der Waals surface area (Å²) in [5.74, 6) is 0.158. The van der Waals surface area contributed by atoms with E-state index in [2.05, 4.69) is 18.2 Å². The summed E-state index contributed by atoms with van der Waals surface area (Å²) in [6.07, 6.45) is 0.525. The van der Waals surface area contributed by atoms with Crippen molar-refractivity contribution in [3.63, 3.8) is 0 Å². The molecule has 98 valence electrons. The molecule has 0 aliphatic carbocycles. The van der Waals surface area contributed by atoms with E-state index in [0.717, 1.165) is 16.8 Å². The summed E-state index contributed by atoms with van der Waals surface area (Å²) in [5.41, 5.74) is 3.23. The van der Waals surface area contributed by atoms with Crippen LogP contribution in [0, 0.1) is 0 Å². The molecular formula is C17H19NO. The zero-order valence-corrected chi connectivity index (χ0v) is 11.5. The van der Waals surface area contributed by atoms with Crippen LogP contribution in [0.1, 0.15) is 20.3 Å². The maximum Gasteiger partial charge on any atom is 0.226 e. The first-order chi connectivity index (χ1) is 9.27. The molecule has 0 heterocycles. The lowest BCUT2D eigenvalue weighted by atomic mass is 10.0. The van der Waals surface area contributed by atoms with Crippen LogP contribution in [0.15, 0.2) is 54.6 Å². The van der Waals surface area contributed by atoms with E-state index in [4.69, 9.17) is 0 Å². The van der Waals surface area contributed by atoms with Crippen molar-refractivity contribution in [1.29, 1.82) is 0 Å². The van der Waals surface area contributed by atoms with Gasteiger partial charge in [0.25, 0.3) is 0 Å². The molecule has 0 fully saturated rings. The van der Waals surface area contributed by atoms with Gasteiger partial charge in [-0.05, 0) is 18.6 Å². The van der Waals surface area contributed by atoms with E-state index in [1.807, 2.05) is 55.1 Å². The average molecular weight is 253 g/mol. The van der Waals surface area contributed by atoms with E-state index in [0.29, 0.717) is 13.0 Å². The Kier molecular flexibility index (Phi) is 4.35. The third kappa shape index (κ3) is 2.84. The number of hydrogen-bond acceptors (Lipinski definition) is 1. The normalized spacial score (nSPS) is 10.2. The highest BCUT2D eigenvalue weighted by atomic mass is 16.2. The number of benzene rings is 2. The third-order valence-electron chi connectivity index (χ3n) is 3.20. The van der Waals surface area contributed by atoms with Crippen LogP contribution < -0.4 is 4.90 Å². The molecule has 2 nitrogen and oxygen atoms in total. The summed E-state index contributed by atoms with van der Waals surface area (Å²) in [5, 5.41) is 0. The van der Waals surface area contributed by atoms with Gasteiger partial charge in [-0.15, -0.1) is 0 Å². The summed E-state index contributed by atoms with van der Waals surface area (Å²) < 4.78 is 0. The Hall–Kier alpha value is -2.09. The molecular weight excluding hydrogens is 234 g/mol. The number of carbonyl (C=O) groups excluding carboxylic acids is 1. The Morgan fingerprint density at radius 1 is 0.947 bits per heavy atom. The van der Waals surface area contributed by atoms with Crippen molar-refractivity contribution >= 4 is 11.6 Å². The van der Waals surface area contributed by atoms with E-state index in [1.165, 1.54) is 0 Å². The Labute approximate surface area is 114 Å². The van der Waals surface area contributed by atoms with Crippen LogP contribution in [0.3, 0.4) is 0 Å². The molecule has 2 heteroatoms. The van der Waals surface area contributed by atoms with E-state index < -0.39 is 0 Å². The van der Waals surface area contributed by atoms with Crippen molar-refractivity contribution in [3.05, 3.63) is 54.6 Å². The van der Waals surface area contributed by atoms with E-state index in [9.17, 15) is 4.79 Å². The fraction of sp³-hybridized carbons (Fsp3) is 0.235. The summed E-state index contributed by atoms with van der Waals surface area (Å²) in [7, 11) is 0. The molecule has 2 aromatic rings. The molecule has 2 aromatic carbocycles. The topological polar surface area (TPSA) is 20.3 Å². The van der Waals surface area contributed by atoms with Crippen LogP contribution in [-0.2, 0) is 4.79 Å². The van der Waals surface area contributed by atoms with Gasteiger partial charge in [-0.2, -0.15) is 0 Å². The smallest absolute Gasteiger partial charge is 0.226 e. The van der Waals surface area contributed by atoms with Crippen molar-refractivity contribution in [2.45, 2.75) is 20.3 Å². The number of carbonyl (C=O) groups is 1. The fourth-order valence-corrected chi connectivity index (χ4v) is 2.24. The van der Waals surface area contributed by atoms with Crippen LogP contribution in [0.2, 0.25) is 0 Å². The van der Waals surface area contributed by atoms with Gasteiger partial charge < -0.3 is 4.90 Å². The van der Waals surface area contributed by atoms with Crippen LogP contribution >= 0.6 is 0 Å². The number of para-hydroxylation sites is 1. The first kappa shape index (κ1) is 13.3. The monoisotopic (exact) mass is 253 g/mol. The van der Waals surface area contributed by atoms with E-state index in [-0.39, 0.29) is 5.91 Å². The predicted octanol–water partition coefficient (Wildman–Crippen LogP) is 4.12. The van der Waals surface area contributed by atoms with Gasteiger partial charge in [0.05, 0.1) is 5.69 Å². The van der Waals surface area contributed by atoms with E-state index >= 15 is 0 Å². The number of anilines is 1. The lowest BCUT2D eigenvalue weighted by Gasteiger charge is -2.23. The van der Waals surface area contributed by atoms with Crippen LogP contribution in [0.5, 0.6) is 0 Å². The quantitative estimate of drug-likeness (QED) is 0.802. The molecule has 1 amide bonds. The lowest BCUT2D eigenvalue weighted by Crippen LogP contribution is -2.30. The predicted molar refractivity (Wildman–Crippen MR) is 80.2 cm³/mol. The van der Waals surface area contributed by atoms with Gasteiger partial charge in [0.15, 0.2) is 0 Å². The molecule has 0 saturated carbocycles. The Bertz CT molecular complexity index is 548. The van der Waals surface area contributed by atoms with Gasteiger partial charge in [-0.3, -0.25) is 4.79 Å². The number of hydrogen-bond donors (Lipinski definition) is 0. The first-order valence-corrected chi connectivity index (χ1v) is 6.72. The fourth-order valence-electron chi connectivity index (χ4n) is 2.24. The Morgan fingerprint density at radius 3 is 2.21 bits per heavy atom. The zero-order valence-electron chi connectivity index (χ0n) is 11.5. The highest BCUT2D eigenvalue weighted by molar-refractivity contribution is 5.97. The standard InChI is InChI=1S/C17H19NO/c1-3-17(19)18(4-2)16-13-9-8-12-15(16)14-10-6-5-7-11-14/h5-13H,3-4H2,1-2H3. The van der Waals surface area contributed by atoms with Crippen LogP contribution in [0.25, 0.3) is 11.1 Å². The number of nitrogens with zero attached hydrogens (tertiary/aromatic N) is 1. The minimum atomic E-state index is 0.158. The highest BCUT2D eigenvalue weighted by Gasteiger charge is 2.15. The van der Waals surface area contributed by atoms with Gasteiger partial charge in [0.2, 0.25) is 5.91 Å². The molecule has 0 atom stereocenters. The Balaban J connectivity index is 2.49. The van der Waals surface area contributed by atoms with Crippen molar-refractivity contribution < 1.29 is 4.79 Å². The molecule has 19 heavy (non-hydrogen) atoms. The van der Waals surface area contributed by atoms with Crippen molar-refractivity contribution in [2.75, 3.05) is 11.4 Å². The van der Waals surface area contributed by atoms with Gasteiger partial charge >= 0.3 is 0 Å². The Morgan fingerprint density at radius 2 is 1.58 bits per heavy atom. The molecule has 0 aromatic heterocycles. The second-order valence-corrected chi connectivity index (χ2v) is 4.37. The summed E-state index contributed by atoms with van der Waals surface area (Å²) in [4.78, 5) is 13.9. The molecule has 0 aliphatic heterocycles. The molecule has 0 spiro atoms. The summed E-state index contributed by atoms with van der Waals surface area (Å²) in [6, 6.07) is 18.3. The summed E-state index contributed by atoms with van der Waals surface area (Å²) in [6.45, 7) is 4.60. The summed E-state index contributed by atoms with van der Waals surface area (Å²) >= 11 is 0.